The van der Waals surface area contributed by atoms with E-state index in [0.29, 0.717) is 11.7 Å². The standard InChI is InChI=1S/C12H19N3OS/c1-9-14-11(8-17-9)12(16)15-6-4-3-5-10(15)7-13-2/h8,10,13H,3-7H2,1-2H3. The molecule has 1 aromatic heterocycles. The monoisotopic (exact) mass is 253 g/mol. The minimum Gasteiger partial charge on any atom is -0.333 e. The molecule has 2 rings (SSSR count). The summed E-state index contributed by atoms with van der Waals surface area (Å²) in [6, 6.07) is 0.322. The first-order chi connectivity index (χ1) is 8.22. The molecule has 0 saturated carbocycles. The van der Waals surface area contributed by atoms with Crippen LogP contribution in [0.25, 0.3) is 0 Å². The number of aromatic nitrogens is 1. The van der Waals surface area contributed by atoms with E-state index in [-0.39, 0.29) is 5.91 Å². The summed E-state index contributed by atoms with van der Waals surface area (Å²) in [6.45, 7) is 3.67. The van der Waals surface area contributed by atoms with Crippen LogP contribution in [0, 0.1) is 6.92 Å². The van der Waals surface area contributed by atoms with Crippen LogP contribution >= 0.6 is 11.3 Å². The quantitative estimate of drug-likeness (QED) is 0.891. The molecule has 1 atom stereocenters. The number of rotatable bonds is 3. The molecular weight excluding hydrogens is 234 g/mol. The minimum atomic E-state index is 0.0919. The number of aryl methyl sites for hydroxylation is 1. The van der Waals surface area contributed by atoms with Gasteiger partial charge in [0.15, 0.2) is 0 Å². The molecule has 0 bridgehead atoms. The van der Waals surface area contributed by atoms with Gasteiger partial charge < -0.3 is 10.2 Å². The lowest BCUT2D eigenvalue weighted by Crippen LogP contribution is -2.48. The van der Waals surface area contributed by atoms with E-state index in [2.05, 4.69) is 10.3 Å². The molecule has 1 unspecified atom stereocenters. The van der Waals surface area contributed by atoms with E-state index >= 15 is 0 Å². The zero-order chi connectivity index (χ0) is 12.3. The molecule has 1 aromatic rings. The summed E-state index contributed by atoms with van der Waals surface area (Å²) < 4.78 is 0. The Morgan fingerprint density at radius 2 is 2.47 bits per heavy atom. The Labute approximate surface area is 106 Å². The molecule has 1 N–H and O–H groups in total. The fourth-order valence-corrected chi connectivity index (χ4v) is 2.91. The van der Waals surface area contributed by atoms with Gasteiger partial charge in [-0.3, -0.25) is 4.79 Å². The van der Waals surface area contributed by atoms with Gasteiger partial charge in [0.25, 0.3) is 5.91 Å². The SMILES string of the molecule is CNCC1CCCCN1C(=O)c1csc(C)n1. The molecule has 1 aliphatic heterocycles. The molecule has 0 aliphatic carbocycles. The highest BCUT2D eigenvalue weighted by atomic mass is 32.1. The lowest BCUT2D eigenvalue weighted by molar-refractivity contribution is 0.0609. The number of piperidine rings is 1. The molecule has 4 nitrogen and oxygen atoms in total. The molecule has 0 radical (unpaired) electrons. The van der Waals surface area contributed by atoms with Crippen LogP contribution in [-0.4, -0.2) is 42.0 Å². The summed E-state index contributed by atoms with van der Waals surface area (Å²) >= 11 is 1.54. The Kier molecular flexibility index (Phi) is 4.12. The Bertz CT molecular complexity index is 389. The number of thiazole rings is 1. The van der Waals surface area contributed by atoms with Gasteiger partial charge in [0.1, 0.15) is 5.69 Å². The molecule has 94 valence electrons. The molecule has 5 heteroatoms. The maximum Gasteiger partial charge on any atom is 0.273 e. The molecule has 1 fully saturated rings. The normalized spacial score (nSPS) is 20.6. The number of nitrogens with one attached hydrogen (secondary N) is 1. The van der Waals surface area contributed by atoms with Crippen molar-refractivity contribution in [3.05, 3.63) is 16.1 Å². The minimum absolute atomic E-state index is 0.0919. The number of carbonyl (C=O) groups is 1. The van der Waals surface area contributed by atoms with Crippen molar-refractivity contribution in [2.75, 3.05) is 20.1 Å². The highest BCUT2D eigenvalue weighted by Gasteiger charge is 2.27. The number of likely N-dealkylation sites (N-methyl/N-ethyl adjacent to an activating group) is 1. The Morgan fingerprint density at radius 3 is 3.12 bits per heavy atom. The fourth-order valence-electron chi connectivity index (χ4n) is 2.32. The van der Waals surface area contributed by atoms with Crippen molar-refractivity contribution in [2.45, 2.75) is 32.2 Å². The van der Waals surface area contributed by atoms with Crippen LogP contribution in [-0.2, 0) is 0 Å². The van der Waals surface area contributed by atoms with Crippen LogP contribution in [0.4, 0.5) is 0 Å². The largest absolute Gasteiger partial charge is 0.333 e. The van der Waals surface area contributed by atoms with Gasteiger partial charge in [-0.05, 0) is 33.2 Å². The van der Waals surface area contributed by atoms with E-state index in [1.165, 1.54) is 17.8 Å². The van der Waals surface area contributed by atoms with Crippen molar-refractivity contribution < 1.29 is 4.79 Å². The number of amides is 1. The van der Waals surface area contributed by atoms with E-state index in [1.807, 2.05) is 24.3 Å². The van der Waals surface area contributed by atoms with Crippen LogP contribution in [0.1, 0.15) is 34.8 Å². The number of likely N-dealkylation sites (tertiary alicyclic amines) is 1. The first-order valence-corrected chi connectivity index (χ1v) is 6.98. The van der Waals surface area contributed by atoms with E-state index in [9.17, 15) is 4.79 Å². The van der Waals surface area contributed by atoms with Gasteiger partial charge in [-0.25, -0.2) is 4.98 Å². The molecule has 17 heavy (non-hydrogen) atoms. The van der Waals surface area contributed by atoms with Crippen molar-refractivity contribution in [1.82, 2.24) is 15.2 Å². The summed E-state index contributed by atoms with van der Waals surface area (Å²) in [5, 5.41) is 5.99. The summed E-state index contributed by atoms with van der Waals surface area (Å²) in [7, 11) is 1.93. The van der Waals surface area contributed by atoms with Crippen LogP contribution in [0.3, 0.4) is 0 Å². The summed E-state index contributed by atoms with van der Waals surface area (Å²) in [5.41, 5.74) is 0.607. The van der Waals surface area contributed by atoms with E-state index in [4.69, 9.17) is 0 Å². The van der Waals surface area contributed by atoms with E-state index in [1.54, 1.807) is 0 Å². The van der Waals surface area contributed by atoms with E-state index in [0.717, 1.165) is 30.9 Å². The molecule has 2 heterocycles. The van der Waals surface area contributed by atoms with Crippen molar-refractivity contribution >= 4 is 17.2 Å². The van der Waals surface area contributed by atoms with Crippen molar-refractivity contribution in [2.24, 2.45) is 0 Å². The van der Waals surface area contributed by atoms with Gasteiger partial charge in [0.2, 0.25) is 0 Å². The van der Waals surface area contributed by atoms with Crippen LogP contribution in [0.5, 0.6) is 0 Å². The summed E-state index contributed by atoms with van der Waals surface area (Å²) in [6.07, 6.45) is 3.41. The van der Waals surface area contributed by atoms with Gasteiger partial charge >= 0.3 is 0 Å². The third-order valence-electron chi connectivity index (χ3n) is 3.17. The molecular formula is C12H19N3OS. The topological polar surface area (TPSA) is 45.2 Å². The second kappa shape index (κ2) is 5.60. The van der Waals surface area contributed by atoms with Gasteiger partial charge in [0, 0.05) is 24.5 Å². The molecule has 0 spiro atoms. The maximum absolute atomic E-state index is 12.3. The Hall–Kier alpha value is -0.940. The summed E-state index contributed by atoms with van der Waals surface area (Å²) in [4.78, 5) is 18.6. The van der Waals surface area contributed by atoms with Crippen molar-refractivity contribution in [1.29, 1.82) is 0 Å². The number of hydrogen-bond acceptors (Lipinski definition) is 4. The van der Waals surface area contributed by atoms with Crippen LogP contribution in [0.2, 0.25) is 0 Å². The second-order valence-electron chi connectivity index (χ2n) is 4.46. The zero-order valence-electron chi connectivity index (χ0n) is 10.4. The molecule has 0 aromatic carbocycles. The lowest BCUT2D eigenvalue weighted by atomic mass is 10.0. The van der Waals surface area contributed by atoms with Gasteiger partial charge in [-0.2, -0.15) is 0 Å². The molecule has 1 amide bonds. The highest BCUT2D eigenvalue weighted by molar-refractivity contribution is 7.09. The smallest absolute Gasteiger partial charge is 0.273 e. The third kappa shape index (κ3) is 2.84. The van der Waals surface area contributed by atoms with E-state index < -0.39 is 0 Å². The first-order valence-electron chi connectivity index (χ1n) is 6.10. The zero-order valence-corrected chi connectivity index (χ0v) is 11.2. The average Bonchev–Trinajstić information content (AvgIpc) is 2.76. The highest BCUT2D eigenvalue weighted by Crippen LogP contribution is 2.20. The van der Waals surface area contributed by atoms with Gasteiger partial charge in [-0.15, -0.1) is 11.3 Å². The molecule has 1 saturated heterocycles. The van der Waals surface area contributed by atoms with Crippen LogP contribution in [0.15, 0.2) is 5.38 Å². The van der Waals surface area contributed by atoms with Crippen molar-refractivity contribution in [3.8, 4) is 0 Å². The first kappa shape index (κ1) is 12.5. The van der Waals surface area contributed by atoms with Gasteiger partial charge in [0.05, 0.1) is 5.01 Å². The van der Waals surface area contributed by atoms with Gasteiger partial charge in [-0.1, -0.05) is 0 Å². The lowest BCUT2D eigenvalue weighted by Gasteiger charge is -2.35. The Morgan fingerprint density at radius 1 is 1.65 bits per heavy atom. The predicted molar refractivity (Wildman–Crippen MR) is 69.5 cm³/mol. The predicted octanol–water partition coefficient (Wildman–Crippen LogP) is 1.67. The van der Waals surface area contributed by atoms with Crippen molar-refractivity contribution in [3.63, 3.8) is 0 Å². The number of hydrogen-bond donors (Lipinski definition) is 1. The van der Waals surface area contributed by atoms with Crippen LogP contribution < -0.4 is 5.32 Å². The summed E-state index contributed by atoms with van der Waals surface area (Å²) in [5.74, 6) is 0.0919. The second-order valence-corrected chi connectivity index (χ2v) is 5.52. The Balaban J connectivity index is 2.10. The number of carbonyl (C=O) groups excluding carboxylic acids is 1. The average molecular weight is 253 g/mol. The third-order valence-corrected chi connectivity index (χ3v) is 3.94. The maximum atomic E-state index is 12.3. The molecule has 1 aliphatic rings. The fraction of sp³-hybridized carbons (Fsp3) is 0.667. The number of nitrogens with zero attached hydrogens (tertiary/aromatic N) is 2.